The Morgan fingerprint density at radius 2 is 1.92 bits per heavy atom. The molecule has 0 aliphatic heterocycles. The van der Waals surface area contributed by atoms with Crippen molar-refractivity contribution in [3.8, 4) is 5.69 Å². The minimum atomic E-state index is -1.36. The molecule has 0 saturated carbocycles. The highest BCUT2D eigenvalue weighted by Crippen LogP contribution is 2.25. The van der Waals surface area contributed by atoms with Crippen molar-refractivity contribution < 1.29 is 9.90 Å². The number of nitrogens with zero attached hydrogens (tertiary/aromatic N) is 3. The van der Waals surface area contributed by atoms with Crippen molar-refractivity contribution in [3.63, 3.8) is 0 Å². The highest BCUT2D eigenvalue weighted by atomic mass is 35.5. The van der Waals surface area contributed by atoms with Gasteiger partial charge in [0, 0.05) is 19.5 Å². The molecule has 3 rings (SSSR count). The molecule has 2 aromatic heterocycles. The van der Waals surface area contributed by atoms with Gasteiger partial charge in [0.25, 0.3) is 0 Å². The van der Waals surface area contributed by atoms with E-state index in [9.17, 15) is 14.7 Å². The Hall–Kier alpha value is -2.86. The highest BCUT2D eigenvalue weighted by Gasteiger charge is 2.21. The molecule has 3 aromatic rings. The van der Waals surface area contributed by atoms with Crippen LogP contribution in [-0.2, 0) is 0 Å². The first-order chi connectivity index (χ1) is 11.4. The summed E-state index contributed by atoms with van der Waals surface area (Å²) in [6, 6.07) is 10.3. The molecule has 1 N–H and O–H groups in total. The smallest absolute Gasteiger partial charge is 0.342 e. The molecule has 122 valence electrons. The summed E-state index contributed by atoms with van der Waals surface area (Å²) in [5.74, 6) is -0.610. The molecule has 0 spiro atoms. The Morgan fingerprint density at radius 1 is 1.21 bits per heavy atom. The van der Waals surface area contributed by atoms with Crippen molar-refractivity contribution in [2.24, 2.45) is 0 Å². The summed E-state index contributed by atoms with van der Waals surface area (Å²) >= 11 is 6.27. The summed E-state index contributed by atoms with van der Waals surface area (Å²) in [4.78, 5) is 30.1. The van der Waals surface area contributed by atoms with Gasteiger partial charge in [-0.3, -0.25) is 9.36 Å². The molecular formula is C17H14ClN3O3. The van der Waals surface area contributed by atoms with Gasteiger partial charge >= 0.3 is 5.97 Å². The van der Waals surface area contributed by atoms with E-state index in [-0.39, 0.29) is 10.5 Å². The number of pyridine rings is 2. The first kappa shape index (κ1) is 16.0. The van der Waals surface area contributed by atoms with Crippen molar-refractivity contribution in [1.29, 1.82) is 0 Å². The zero-order valence-corrected chi connectivity index (χ0v) is 13.8. The van der Waals surface area contributed by atoms with E-state index in [4.69, 9.17) is 11.6 Å². The van der Waals surface area contributed by atoms with E-state index in [0.29, 0.717) is 11.2 Å². The second-order valence-electron chi connectivity index (χ2n) is 5.42. The lowest BCUT2D eigenvalue weighted by molar-refractivity contribution is 0.0695. The zero-order valence-electron chi connectivity index (χ0n) is 13.0. The van der Waals surface area contributed by atoms with E-state index in [1.165, 1.54) is 4.57 Å². The quantitative estimate of drug-likeness (QED) is 0.740. The summed E-state index contributed by atoms with van der Waals surface area (Å²) in [5.41, 5.74) is 0.0467. The number of rotatable bonds is 3. The molecule has 7 heteroatoms. The normalized spacial score (nSPS) is 10.8. The number of aromatic nitrogens is 2. The number of anilines is 1. The molecule has 0 radical (unpaired) electrons. The van der Waals surface area contributed by atoms with Gasteiger partial charge in [-0.25, -0.2) is 9.78 Å². The maximum absolute atomic E-state index is 12.4. The minimum Gasteiger partial charge on any atom is -0.477 e. The van der Waals surface area contributed by atoms with Crippen LogP contribution in [0.25, 0.3) is 16.6 Å². The van der Waals surface area contributed by atoms with Crippen molar-refractivity contribution >= 4 is 34.3 Å². The Balaban J connectivity index is 2.38. The molecule has 24 heavy (non-hydrogen) atoms. The second-order valence-corrected chi connectivity index (χ2v) is 5.78. The van der Waals surface area contributed by atoms with Crippen molar-refractivity contribution in [2.45, 2.75) is 0 Å². The third-order valence-corrected chi connectivity index (χ3v) is 4.04. The molecular weight excluding hydrogens is 330 g/mol. The van der Waals surface area contributed by atoms with Crippen molar-refractivity contribution in [3.05, 3.63) is 63.5 Å². The molecule has 0 aliphatic rings. The number of fused-ring (bicyclic) bond motifs is 1. The SMILES string of the molecule is CN(C)c1ccc(-n2c(Cl)c(C(=O)O)c(=O)c3ccccc32)cn1. The molecule has 0 bridgehead atoms. The van der Waals surface area contributed by atoms with Crippen LogP contribution in [0.15, 0.2) is 47.4 Å². The van der Waals surface area contributed by atoms with E-state index in [1.54, 1.807) is 42.6 Å². The van der Waals surface area contributed by atoms with Gasteiger partial charge in [-0.15, -0.1) is 0 Å². The Labute approximate surface area is 142 Å². The summed E-state index contributed by atoms with van der Waals surface area (Å²) < 4.78 is 1.52. The first-order valence-electron chi connectivity index (χ1n) is 7.12. The van der Waals surface area contributed by atoms with Gasteiger partial charge < -0.3 is 10.0 Å². The van der Waals surface area contributed by atoms with Crippen LogP contribution in [0.2, 0.25) is 5.15 Å². The number of carbonyl (C=O) groups is 1. The summed E-state index contributed by atoms with van der Waals surface area (Å²) in [5, 5.41) is 9.51. The Kier molecular flexibility index (Phi) is 3.99. The fraction of sp³-hybridized carbons (Fsp3) is 0.118. The maximum atomic E-state index is 12.4. The largest absolute Gasteiger partial charge is 0.477 e. The number of hydrogen-bond acceptors (Lipinski definition) is 4. The monoisotopic (exact) mass is 343 g/mol. The van der Waals surface area contributed by atoms with Crippen LogP contribution in [0.1, 0.15) is 10.4 Å². The lowest BCUT2D eigenvalue weighted by Gasteiger charge is -2.16. The van der Waals surface area contributed by atoms with E-state index in [1.807, 2.05) is 19.0 Å². The third-order valence-electron chi connectivity index (χ3n) is 3.68. The van der Waals surface area contributed by atoms with Crippen molar-refractivity contribution in [2.75, 3.05) is 19.0 Å². The van der Waals surface area contributed by atoms with E-state index < -0.39 is 17.0 Å². The molecule has 0 unspecified atom stereocenters. The summed E-state index contributed by atoms with van der Waals surface area (Å²) in [6.45, 7) is 0. The number of carboxylic acids is 1. The predicted octanol–water partition coefficient (Wildman–Crippen LogP) is 2.80. The number of hydrogen-bond donors (Lipinski definition) is 1. The molecule has 2 heterocycles. The zero-order chi connectivity index (χ0) is 17.4. The average Bonchev–Trinajstić information content (AvgIpc) is 2.55. The van der Waals surface area contributed by atoms with Gasteiger partial charge in [-0.2, -0.15) is 0 Å². The van der Waals surface area contributed by atoms with Crippen LogP contribution < -0.4 is 10.3 Å². The van der Waals surface area contributed by atoms with Crippen molar-refractivity contribution in [1.82, 2.24) is 9.55 Å². The Morgan fingerprint density at radius 3 is 2.50 bits per heavy atom. The second kappa shape index (κ2) is 5.98. The van der Waals surface area contributed by atoms with Gasteiger partial charge in [0.05, 0.1) is 17.4 Å². The lowest BCUT2D eigenvalue weighted by Crippen LogP contribution is -2.20. The van der Waals surface area contributed by atoms with Crippen LogP contribution in [0.4, 0.5) is 5.82 Å². The van der Waals surface area contributed by atoms with Gasteiger partial charge in [0.2, 0.25) is 5.43 Å². The van der Waals surface area contributed by atoms with E-state index >= 15 is 0 Å². The van der Waals surface area contributed by atoms with E-state index in [2.05, 4.69) is 4.98 Å². The molecule has 0 atom stereocenters. The van der Waals surface area contributed by atoms with Crippen LogP contribution in [0, 0.1) is 0 Å². The summed E-state index contributed by atoms with van der Waals surface area (Å²) in [6.07, 6.45) is 1.59. The van der Waals surface area contributed by atoms with Crippen LogP contribution in [-0.4, -0.2) is 34.7 Å². The maximum Gasteiger partial charge on any atom is 0.342 e. The third kappa shape index (κ3) is 2.51. The molecule has 0 amide bonds. The number of halogens is 1. The van der Waals surface area contributed by atoms with Gasteiger partial charge in [-0.05, 0) is 24.3 Å². The van der Waals surface area contributed by atoms with Gasteiger partial charge in [0.15, 0.2) is 0 Å². The van der Waals surface area contributed by atoms with Gasteiger partial charge in [-0.1, -0.05) is 23.7 Å². The molecule has 0 aliphatic carbocycles. The van der Waals surface area contributed by atoms with Crippen LogP contribution >= 0.6 is 11.6 Å². The van der Waals surface area contributed by atoms with Crippen LogP contribution in [0.5, 0.6) is 0 Å². The molecule has 1 aromatic carbocycles. The Bertz CT molecular complexity index is 994. The predicted molar refractivity (Wildman–Crippen MR) is 93.6 cm³/mol. The molecule has 6 nitrogen and oxygen atoms in total. The average molecular weight is 344 g/mol. The number of benzene rings is 1. The standard InChI is InChI=1S/C17H14ClN3O3/c1-20(2)13-8-7-10(9-19-13)21-12-6-4-3-5-11(12)15(22)14(16(21)18)17(23)24/h3-9H,1-2H3,(H,23,24). The first-order valence-corrected chi connectivity index (χ1v) is 7.50. The topological polar surface area (TPSA) is 75.4 Å². The summed E-state index contributed by atoms with van der Waals surface area (Å²) in [7, 11) is 3.73. The minimum absolute atomic E-state index is 0.148. The number of carboxylic acid groups (broad SMARTS) is 1. The highest BCUT2D eigenvalue weighted by molar-refractivity contribution is 6.33. The molecule has 0 saturated heterocycles. The van der Waals surface area contributed by atoms with Gasteiger partial charge in [0.1, 0.15) is 16.5 Å². The lowest BCUT2D eigenvalue weighted by atomic mass is 10.1. The van der Waals surface area contributed by atoms with E-state index in [0.717, 1.165) is 5.82 Å². The fourth-order valence-electron chi connectivity index (χ4n) is 2.52. The number of aromatic carboxylic acids is 1. The molecule has 0 fully saturated rings. The van der Waals surface area contributed by atoms with Crippen LogP contribution in [0.3, 0.4) is 0 Å². The fourth-order valence-corrected chi connectivity index (χ4v) is 2.87. The number of para-hydroxylation sites is 1.